The Balaban J connectivity index is 1.89. The number of aromatic nitrogens is 1. The van der Waals surface area contributed by atoms with E-state index in [4.69, 9.17) is 4.74 Å². The van der Waals surface area contributed by atoms with E-state index in [9.17, 15) is 14.7 Å². The number of amides is 2. The number of pyridine rings is 1. The van der Waals surface area contributed by atoms with Crippen molar-refractivity contribution in [3.05, 3.63) is 53.7 Å². The zero-order valence-electron chi connectivity index (χ0n) is 14.4. The molecule has 1 heterocycles. The number of phenols is 1. The molecule has 7 heteroatoms. The van der Waals surface area contributed by atoms with Crippen LogP contribution >= 0.6 is 0 Å². The third kappa shape index (κ3) is 6.14. The highest BCUT2D eigenvalue weighted by molar-refractivity contribution is 6.03. The van der Waals surface area contributed by atoms with Crippen LogP contribution < -0.4 is 10.6 Å². The summed E-state index contributed by atoms with van der Waals surface area (Å²) >= 11 is 0. The quantitative estimate of drug-likeness (QED) is 0.792. The number of anilines is 1. The fourth-order valence-corrected chi connectivity index (χ4v) is 1.93. The molecule has 0 fully saturated rings. The van der Waals surface area contributed by atoms with Crippen LogP contribution in [-0.2, 0) is 11.3 Å². The lowest BCUT2D eigenvalue weighted by atomic mass is 10.2. The van der Waals surface area contributed by atoms with E-state index in [-0.39, 0.29) is 18.2 Å². The van der Waals surface area contributed by atoms with Crippen molar-refractivity contribution in [2.45, 2.75) is 32.9 Å². The molecule has 0 aliphatic carbocycles. The zero-order valence-corrected chi connectivity index (χ0v) is 14.4. The van der Waals surface area contributed by atoms with Crippen LogP contribution in [0.1, 0.15) is 36.7 Å². The van der Waals surface area contributed by atoms with Crippen molar-refractivity contribution in [3.63, 3.8) is 0 Å². The molecule has 2 amide bonds. The van der Waals surface area contributed by atoms with E-state index in [1.54, 1.807) is 51.2 Å². The molecule has 0 saturated carbocycles. The van der Waals surface area contributed by atoms with Crippen LogP contribution in [-0.4, -0.2) is 27.7 Å². The summed E-state index contributed by atoms with van der Waals surface area (Å²) in [5, 5.41) is 14.7. The molecule has 132 valence electrons. The SMILES string of the molecule is CC(C)(C)OC(=O)NCc1ccc(NC(=O)c2cccc(O)c2)nc1. The lowest BCUT2D eigenvalue weighted by molar-refractivity contribution is 0.0523. The smallest absolute Gasteiger partial charge is 0.407 e. The fraction of sp³-hybridized carbons (Fsp3) is 0.278. The van der Waals surface area contributed by atoms with Crippen LogP contribution in [0.4, 0.5) is 10.6 Å². The van der Waals surface area contributed by atoms with Gasteiger partial charge in [0.25, 0.3) is 5.91 Å². The van der Waals surface area contributed by atoms with Crippen molar-refractivity contribution in [2.75, 3.05) is 5.32 Å². The molecule has 1 aromatic carbocycles. The van der Waals surface area contributed by atoms with Crippen molar-refractivity contribution in [2.24, 2.45) is 0 Å². The predicted octanol–water partition coefficient (Wildman–Crippen LogP) is 3.06. The van der Waals surface area contributed by atoms with Gasteiger partial charge in [-0.3, -0.25) is 4.79 Å². The summed E-state index contributed by atoms with van der Waals surface area (Å²) in [5.74, 6) is 0.0153. The highest BCUT2D eigenvalue weighted by atomic mass is 16.6. The van der Waals surface area contributed by atoms with Gasteiger partial charge in [0.1, 0.15) is 17.2 Å². The Labute approximate surface area is 146 Å². The van der Waals surface area contributed by atoms with Crippen molar-refractivity contribution < 1.29 is 19.4 Å². The second-order valence-corrected chi connectivity index (χ2v) is 6.41. The average molecular weight is 343 g/mol. The number of ether oxygens (including phenoxy) is 1. The lowest BCUT2D eigenvalue weighted by Gasteiger charge is -2.19. The summed E-state index contributed by atoms with van der Waals surface area (Å²) in [6, 6.07) is 9.41. The van der Waals surface area contributed by atoms with Gasteiger partial charge in [-0.05, 0) is 50.6 Å². The number of nitrogens with zero attached hydrogens (tertiary/aromatic N) is 1. The Kier molecular flexibility index (Phi) is 5.59. The molecule has 2 aromatic rings. The van der Waals surface area contributed by atoms with E-state index in [0.717, 1.165) is 5.56 Å². The van der Waals surface area contributed by atoms with Crippen LogP contribution in [0.3, 0.4) is 0 Å². The number of phenolic OH excluding ortho intramolecular Hbond substituents is 1. The van der Waals surface area contributed by atoms with Crippen LogP contribution in [0, 0.1) is 0 Å². The molecule has 3 N–H and O–H groups in total. The number of carbonyl (C=O) groups excluding carboxylic acids is 2. The molecule has 0 radical (unpaired) electrons. The van der Waals surface area contributed by atoms with Gasteiger partial charge in [-0.2, -0.15) is 0 Å². The number of alkyl carbamates (subject to hydrolysis) is 1. The molecule has 7 nitrogen and oxygen atoms in total. The van der Waals surface area contributed by atoms with Gasteiger partial charge in [0.2, 0.25) is 0 Å². The van der Waals surface area contributed by atoms with E-state index in [1.165, 1.54) is 12.1 Å². The van der Waals surface area contributed by atoms with Gasteiger partial charge in [0.15, 0.2) is 0 Å². The number of hydrogen-bond donors (Lipinski definition) is 3. The molecule has 0 aliphatic rings. The number of benzene rings is 1. The third-order valence-corrected chi connectivity index (χ3v) is 3.01. The first-order valence-corrected chi connectivity index (χ1v) is 7.75. The lowest BCUT2D eigenvalue weighted by Crippen LogP contribution is -2.32. The van der Waals surface area contributed by atoms with Crippen LogP contribution in [0.25, 0.3) is 0 Å². The number of aromatic hydroxyl groups is 1. The normalized spacial score (nSPS) is 10.8. The molecule has 0 atom stereocenters. The van der Waals surface area contributed by atoms with Gasteiger partial charge < -0.3 is 20.5 Å². The van der Waals surface area contributed by atoms with Gasteiger partial charge in [-0.1, -0.05) is 12.1 Å². The molecule has 1 aromatic heterocycles. The Morgan fingerprint density at radius 2 is 1.96 bits per heavy atom. The topological polar surface area (TPSA) is 101 Å². The minimum atomic E-state index is -0.553. The summed E-state index contributed by atoms with van der Waals surface area (Å²) in [5.41, 5.74) is 0.543. The highest BCUT2D eigenvalue weighted by Gasteiger charge is 2.15. The van der Waals surface area contributed by atoms with Crippen molar-refractivity contribution in [1.82, 2.24) is 10.3 Å². The fourth-order valence-electron chi connectivity index (χ4n) is 1.93. The number of rotatable bonds is 4. The summed E-state index contributed by atoms with van der Waals surface area (Å²) < 4.78 is 5.15. The second-order valence-electron chi connectivity index (χ2n) is 6.41. The standard InChI is InChI=1S/C18H21N3O4/c1-18(2,3)25-17(24)20-11-12-7-8-15(19-10-12)21-16(23)13-5-4-6-14(22)9-13/h4-10,22H,11H2,1-3H3,(H,20,24)(H,19,21,23). The van der Waals surface area contributed by atoms with Gasteiger partial charge in [0, 0.05) is 18.3 Å². The monoisotopic (exact) mass is 343 g/mol. The summed E-state index contributed by atoms with van der Waals surface area (Å²) in [7, 11) is 0. The molecule has 25 heavy (non-hydrogen) atoms. The maximum atomic E-state index is 12.1. The molecule has 2 rings (SSSR count). The number of nitrogens with one attached hydrogen (secondary N) is 2. The van der Waals surface area contributed by atoms with Crippen LogP contribution in [0.5, 0.6) is 5.75 Å². The highest BCUT2D eigenvalue weighted by Crippen LogP contribution is 2.13. The number of hydrogen-bond acceptors (Lipinski definition) is 5. The van der Waals surface area contributed by atoms with E-state index in [2.05, 4.69) is 15.6 Å². The minimum absolute atomic E-state index is 0.0178. The van der Waals surface area contributed by atoms with Crippen LogP contribution in [0.15, 0.2) is 42.6 Å². The summed E-state index contributed by atoms with van der Waals surface area (Å²) in [4.78, 5) is 27.8. The first-order valence-electron chi connectivity index (χ1n) is 7.75. The molecular formula is C18H21N3O4. The number of carbonyl (C=O) groups is 2. The van der Waals surface area contributed by atoms with Crippen LogP contribution in [0.2, 0.25) is 0 Å². The van der Waals surface area contributed by atoms with Crippen molar-refractivity contribution in [1.29, 1.82) is 0 Å². The van der Waals surface area contributed by atoms with E-state index < -0.39 is 11.7 Å². The first kappa shape index (κ1) is 18.3. The van der Waals surface area contributed by atoms with E-state index in [0.29, 0.717) is 11.4 Å². The van der Waals surface area contributed by atoms with Crippen molar-refractivity contribution in [3.8, 4) is 5.75 Å². The maximum Gasteiger partial charge on any atom is 0.407 e. The van der Waals surface area contributed by atoms with E-state index >= 15 is 0 Å². The Morgan fingerprint density at radius 1 is 1.20 bits per heavy atom. The maximum absolute atomic E-state index is 12.1. The summed E-state index contributed by atoms with van der Waals surface area (Å²) in [6.45, 7) is 5.64. The Morgan fingerprint density at radius 3 is 2.56 bits per heavy atom. The third-order valence-electron chi connectivity index (χ3n) is 3.01. The molecule has 0 saturated heterocycles. The zero-order chi connectivity index (χ0) is 18.4. The van der Waals surface area contributed by atoms with Crippen molar-refractivity contribution >= 4 is 17.8 Å². The Hall–Kier alpha value is -3.09. The largest absolute Gasteiger partial charge is 0.508 e. The van der Waals surface area contributed by atoms with Gasteiger partial charge in [-0.15, -0.1) is 0 Å². The van der Waals surface area contributed by atoms with Gasteiger partial charge >= 0.3 is 6.09 Å². The molecule has 0 unspecified atom stereocenters. The first-order chi connectivity index (χ1) is 11.7. The van der Waals surface area contributed by atoms with Gasteiger partial charge in [-0.25, -0.2) is 9.78 Å². The average Bonchev–Trinajstić information content (AvgIpc) is 2.52. The van der Waals surface area contributed by atoms with Gasteiger partial charge in [0.05, 0.1) is 0 Å². The molecule has 0 aliphatic heterocycles. The molecular weight excluding hydrogens is 322 g/mol. The predicted molar refractivity (Wildman–Crippen MR) is 93.4 cm³/mol. The molecule has 0 spiro atoms. The second kappa shape index (κ2) is 7.65. The van der Waals surface area contributed by atoms with E-state index in [1.807, 2.05) is 0 Å². The molecule has 0 bridgehead atoms. The minimum Gasteiger partial charge on any atom is -0.508 e. The summed E-state index contributed by atoms with van der Waals surface area (Å²) in [6.07, 6.45) is 1.05. The Bertz CT molecular complexity index is 752.